The van der Waals surface area contributed by atoms with Crippen LogP contribution in [0.4, 0.5) is 0 Å². The zero-order valence-corrected chi connectivity index (χ0v) is 13.3. The topological polar surface area (TPSA) is 69.6 Å². The molecular formula is C13H22N2O3S2. The smallest absolute Gasteiger partial charge is 0.252 e. The Morgan fingerprint density at radius 1 is 1.50 bits per heavy atom. The number of aliphatic hydroxyl groups is 1. The number of nitrogens with one attached hydrogen (secondary N) is 1. The molecule has 0 unspecified atom stereocenters. The Labute approximate surface area is 125 Å². The van der Waals surface area contributed by atoms with Crippen molar-refractivity contribution in [3.05, 3.63) is 29.7 Å². The van der Waals surface area contributed by atoms with Gasteiger partial charge < -0.3 is 10.4 Å². The van der Waals surface area contributed by atoms with Crippen LogP contribution in [0.1, 0.15) is 11.8 Å². The zero-order chi connectivity index (χ0) is 15.0. The van der Waals surface area contributed by atoms with E-state index in [1.807, 2.05) is 13.0 Å². The predicted molar refractivity (Wildman–Crippen MR) is 82.6 cm³/mol. The molecule has 1 rings (SSSR count). The summed E-state index contributed by atoms with van der Waals surface area (Å²) in [6.45, 7) is 7.41. The molecule has 0 atom stereocenters. The Hall–Kier alpha value is -0.730. The van der Waals surface area contributed by atoms with E-state index >= 15 is 0 Å². The number of thiophene rings is 1. The first kappa shape index (κ1) is 17.3. The number of aliphatic hydroxyl groups excluding tert-OH is 1. The normalized spacial score (nSPS) is 11.9. The lowest BCUT2D eigenvalue weighted by Crippen LogP contribution is -2.33. The molecule has 0 bridgehead atoms. The molecule has 7 heteroatoms. The predicted octanol–water partition coefficient (Wildman–Crippen LogP) is 1.07. The summed E-state index contributed by atoms with van der Waals surface area (Å²) in [6, 6.07) is 3.48. The van der Waals surface area contributed by atoms with Crippen LogP contribution in [0.15, 0.2) is 29.0 Å². The lowest BCUT2D eigenvalue weighted by Gasteiger charge is -2.18. The van der Waals surface area contributed by atoms with Gasteiger partial charge in [-0.3, -0.25) is 0 Å². The minimum Gasteiger partial charge on any atom is -0.395 e. The highest BCUT2D eigenvalue weighted by molar-refractivity contribution is 7.91. The quantitative estimate of drug-likeness (QED) is 0.500. The largest absolute Gasteiger partial charge is 0.395 e. The second-order valence-electron chi connectivity index (χ2n) is 4.20. The first-order valence-corrected chi connectivity index (χ1v) is 8.83. The Morgan fingerprint density at radius 3 is 2.85 bits per heavy atom. The van der Waals surface area contributed by atoms with Gasteiger partial charge in [0, 0.05) is 18.0 Å². The van der Waals surface area contributed by atoms with Gasteiger partial charge in [-0.2, -0.15) is 4.31 Å². The Balaban J connectivity index is 2.83. The summed E-state index contributed by atoms with van der Waals surface area (Å²) in [5.74, 6) is 0. The van der Waals surface area contributed by atoms with Crippen molar-refractivity contribution in [2.24, 2.45) is 0 Å². The van der Waals surface area contributed by atoms with Gasteiger partial charge in [0.25, 0.3) is 10.0 Å². The van der Waals surface area contributed by atoms with Gasteiger partial charge in [0.2, 0.25) is 0 Å². The minimum atomic E-state index is -3.53. The van der Waals surface area contributed by atoms with Crippen LogP contribution in [-0.4, -0.2) is 50.6 Å². The molecule has 5 nitrogen and oxygen atoms in total. The van der Waals surface area contributed by atoms with Crippen LogP contribution in [-0.2, 0) is 16.4 Å². The van der Waals surface area contributed by atoms with E-state index < -0.39 is 10.0 Å². The van der Waals surface area contributed by atoms with Gasteiger partial charge in [-0.15, -0.1) is 17.9 Å². The van der Waals surface area contributed by atoms with Gasteiger partial charge in [0.05, 0.1) is 6.61 Å². The highest BCUT2D eigenvalue weighted by Gasteiger charge is 2.24. The molecule has 1 heterocycles. The molecule has 2 N–H and O–H groups in total. The highest BCUT2D eigenvalue weighted by atomic mass is 32.2. The third-order valence-corrected chi connectivity index (χ3v) is 6.19. The van der Waals surface area contributed by atoms with Crippen molar-refractivity contribution in [1.29, 1.82) is 0 Å². The number of likely N-dealkylation sites (N-methyl/N-ethyl adjacent to an activating group) is 1. The number of sulfonamides is 1. The number of hydrogen-bond acceptors (Lipinski definition) is 5. The first-order chi connectivity index (χ1) is 9.56. The maximum Gasteiger partial charge on any atom is 0.252 e. The van der Waals surface area contributed by atoms with Crippen LogP contribution < -0.4 is 5.32 Å². The van der Waals surface area contributed by atoms with Gasteiger partial charge in [-0.25, -0.2) is 8.42 Å². The van der Waals surface area contributed by atoms with E-state index in [1.165, 1.54) is 21.7 Å². The molecule has 0 saturated carbocycles. The summed E-state index contributed by atoms with van der Waals surface area (Å²) in [7, 11) is -3.53. The maximum absolute atomic E-state index is 12.4. The Kier molecular flexibility index (Phi) is 7.39. The average Bonchev–Trinajstić information content (AvgIpc) is 2.88. The van der Waals surface area contributed by atoms with Gasteiger partial charge in [0.15, 0.2) is 0 Å². The van der Waals surface area contributed by atoms with Crippen molar-refractivity contribution >= 4 is 21.4 Å². The molecule has 114 valence electrons. The third kappa shape index (κ3) is 4.68. The monoisotopic (exact) mass is 318 g/mol. The molecule has 0 aliphatic rings. The van der Waals surface area contributed by atoms with Crippen molar-refractivity contribution in [3.8, 4) is 0 Å². The number of nitrogens with zero attached hydrogens (tertiary/aromatic N) is 1. The van der Waals surface area contributed by atoms with Gasteiger partial charge in [-0.05, 0) is 31.6 Å². The molecule has 0 saturated heterocycles. The molecular weight excluding hydrogens is 296 g/mol. The van der Waals surface area contributed by atoms with E-state index in [4.69, 9.17) is 5.11 Å². The minimum absolute atomic E-state index is 0.0823. The molecule has 0 aliphatic heterocycles. The molecule has 0 spiro atoms. The molecule has 0 radical (unpaired) electrons. The highest BCUT2D eigenvalue weighted by Crippen LogP contribution is 2.25. The fraction of sp³-hybridized carbons (Fsp3) is 0.538. The molecule has 20 heavy (non-hydrogen) atoms. The Morgan fingerprint density at radius 2 is 2.25 bits per heavy atom. The lowest BCUT2D eigenvalue weighted by atomic mass is 10.3. The fourth-order valence-electron chi connectivity index (χ4n) is 1.71. The van der Waals surface area contributed by atoms with Crippen LogP contribution in [0.3, 0.4) is 0 Å². The van der Waals surface area contributed by atoms with E-state index in [-0.39, 0.29) is 19.7 Å². The summed E-state index contributed by atoms with van der Waals surface area (Å²) >= 11 is 1.28. The lowest BCUT2D eigenvalue weighted by molar-refractivity contribution is 0.260. The van der Waals surface area contributed by atoms with Crippen molar-refractivity contribution in [3.63, 3.8) is 0 Å². The van der Waals surface area contributed by atoms with E-state index in [1.54, 1.807) is 6.07 Å². The van der Waals surface area contributed by atoms with Gasteiger partial charge in [-0.1, -0.05) is 13.0 Å². The molecule has 0 fully saturated rings. The van der Waals surface area contributed by atoms with Gasteiger partial charge >= 0.3 is 0 Å². The van der Waals surface area contributed by atoms with E-state index in [9.17, 15) is 8.42 Å². The van der Waals surface area contributed by atoms with Gasteiger partial charge in [0.1, 0.15) is 4.21 Å². The van der Waals surface area contributed by atoms with Crippen LogP contribution in [0.5, 0.6) is 0 Å². The molecule has 0 aromatic carbocycles. The van der Waals surface area contributed by atoms with Crippen molar-refractivity contribution in [2.45, 2.75) is 17.6 Å². The summed E-state index contributed by atoms with van der Waals surface area (Å²) < 4.78 is 26.4. The zero-order valence-electron chi connectivity index (χ0n) is 11.7. The van der Waals surface area contributed by atoms with Crippen LogP contribution in [0, 0.1) is 0 Å². The molecule has 1 aromatic heterocycles. The van der Waals surface area contributed by atoms with E-state index in [0.29, 0.717) is 4.21 Å². The maximum atomic E-state index is 12.4. The first-order valence-electron chi connectivity index (χ1n) is 6.57. The van der Waals surface area contributed by atoms with Crippen molar-refractivity contribution < 1.29 is 13.5 Å². The average molecular weight is 318 g/mol. The van der Waals surface area contributed by atoms with Crippen LogP contribution in [0.2, 0.25) is 0 Å². The SMILES string of the molecule is C=CCN(CCO)S(=O)(=O)c1ccc(CCNCC)s1. The number of rotatable bonds is 10. The van der Waals surface area contributed by atoms with Crippen molar-refractivity contribution in [1.82, 2.24) is 9.62 Å². The fourth-order valence-corrected chi connectivity index (χ4v) is 4.62. The van der Waals surface area contributed by atoms with Crippen molar-refractivity contribution in [2.75, 3.05) is 32.8 Å². The van der Waals surface area contributed by atoms with E-state index in [2.05, 4.69) is 11.9 Å². The summed E-state index contributed by atoms with van der Waals surface area (Å²) in [5.41, 5.74) is 0. The standard InChI is InChI=1S/C13H22N2O3S2/c1-3-9-15(10-11-16)20(17,18)13-6-5-12(19-13)7-8-14-4-2/h3,5-6,14,16H,1,4,7-11H2,2H3. The summed E-state index contributed by atoms with van der Waals surface area (Å²) in [5, 5.41) is 12.2. The summed E-state index contributed by atoms with van der Waals surface area (Å²) in [6.07, 6.45) is 2.34. The van der Waals surface area contributed by atoms with Crippen LogP contribution >= 0.6 is 11.3 Å². The Bertz CT molecular complexity index is 511. The number of hydrogen-bond donors (Lipinski definition) is 2. The molecule has 0 amide bonds. The summed E-state index contributed by atoms with van der Waals surface area (Å²) in [4.78, 5) is 1.03. The van der Waals surface area contributed by atoms with E-state index in [0.717, 1.165) is 24.4 Å². The third-order valence-electron chi connectivity index (χ3n) is 2.71. The molecule has 0 aliphatic carbocycles. The molecule has 1 aromatic rings. The second-order valence-corrected chi connectivity index (χ2v) is 7.53. The second kappa shape index (κ2) is 8.53. The van der Waals surface area contributed by atoms with Crippen LogP contribution in [0.25, 0.3) is 0 Å².